The molecule has 0 bridgehead atoms. The van der Waals surface area contributed by atoms with Gasteiger partial charge in [0.2, 0.25) is 0 Å². The Bertz CT molecular complexity index is 361. The number of carbonyl (C=O) groups is 2. The van der Waals surface area contributed by atoms with E-state index in [2.05, 4.69) is 5.32 Å². The maximum Gasteiger partial charge on any atom is 0.328 e. The first-order valence-electron chi connectivity index (χ1n) is 6.53. The fourth-order valence-electron chi connectivity index (χ4n) is 2.34. The summed E-state index contributed by atoms with van der Waals surface area (Å²) in [5.74, 6) is -1.29. The molecule has 1 heterocycles. The predicted octanol–water partition coefficient (Wildman–Crippen LogP) is -1.47. The van der Waals surface area contributed by atoms with Crippen LogP contribution in [0.4, 0.5) is 4.79 Å². The fourth-order valence-corrected chi connectivity index (χ4v) is 2.34. The van der Waals surface area contributed by atoms with Crippen molar-refractivity contribution in [3.63, 3.8) is 0 Å². The van der Waals surface area contributed by atoms with E-state index in [0.717, 1.165) is 0 Å². The lowest BCUT2D eigenvalue weighted by atomic mass is 10.2. The van der Waals surface area contributed by atoms with Gasteiger partial charge in [0.25, 0.3) is 0 Å². The van der Waals surface area contributed by atoms with Gasteiger partial charge >= 0.3 is 12.0 Å². The van der Waals surface area contributed by atoms with Crippen LogP contribution in [-0.4, -0.2) is 88.6 Å². The molecule has 1 fully saturated rings. The number of hydrogen-bond acceptors (Lipinski definition) is 5. The highest BCUT2D eigenvalue weighted by molar-refractivity contribution is 5.83. The Morgan fingerprint density at radius 3 is 2.50 bits per heavy atom. The highest BCUT2D eigenvalue weighted by atomic mass is 16.4. The maximum atomic E-state index is 12.1. The van der Waals surface area contributed by atoms with Crippen molar-refractivity contribution in [2.45, 2.75) is 37.6 Å². The first kappa shape index (κ1) is 16.7. The van der Waals surface area contributed by atoms with Gasteiger partial charge in [0.1, 0.15) is 0 Å². The maximum absolute atomic E-state index is 12.1. The Hall–Kier alpha value is -1.38. The summed E-state index contributed by atoms with van der Waals surface area (Å²) in [6.45, 7) is 2.04. The van der Waals surface area contributed by atoms with E-state index in [1.807, 2.05) is 19.0 Å². The van der Waals surface area contributed by atoms with Crippen LogP contribution in [0.3, 0.4) is 0 Å². The second kappa shape index (κ2) is 6.87. The molecule has 4 unspecified atom stereocenters. The number of nitrogens with one attached hydrogen (secondary N) is 1. The molecule has 8 nitrogen and oxygen atoms in total. The smallest absolute Gasteiger partial charge is 0.328 e. The summed E-state index contributed by atoms with van der Waals surface area (Å²) < 4.78 is 0. The molecule has 4 N–H and O–H groups in total. The van der Waals surface area contributed by atoms with E-state index in [9.17, 15) is 19.8 Å². The van der Waals surface area contributed by atoms with Gasteiger partial charge in [0, 0.05) is 19.1 Å². The number of rotatable bonds is 5. The largest absolute Gasteiger partial charge is 0.480 e. The molecule has 0 radical (unpaired) electrons. The predicted molar refractivity (Wildman–Crippen MR) is 71.3 cm³/mol. The molecule has 1 aliphatic heterocycles. The van der Waals surface area contributed by atoms with Crippen molar-refractivity contribution in [3.05, 3.63) is 0 Å². The summed E-state index contributed by atoms with van der Waals surface area (Å²) in [7, 11) is 3.72. The summed E-state index contributed by atoms with van der Waals surface area (Å²) in [4.78, 5) is 26.4. The third-order valence-corrected chi connectivity index (χ3v) is 3.26. The molecule has 1 aliphatic rings. The fraction of sp³-hybridized carbons (Fsp3) is 0.833. The summed E-state index contributed by atoms with van der Waals surface area (Å²) in [6, 6.07) is -2.12. The number of likely N-dealkylation sites (tertiary alicyclic amines) is 1. The van der Waals surface area contributed by atoms with E-state index in [1.54, 1.807) is 0 Å². The SMILES string of the molecule is CC(O)C(NC(=O)N1CC(O)CC1CN(C)C)C(=O)O. The molecule has 0 spiro atoms. The second-order valence-electron chi connectivity index (χ2n) is 5.46. The minimum atomic E-state index is -1.36. The van der Waals surface area contributed by atoms with Crippen LogP contribution in [-0.2, 0) is 4.79 Å². The van der Waals surface area contributed by atoms with Gasteiger partial charge in [0.15, 0.2) is 6.04 Å². The number of carboxylic acid groups (broad SMARTS) is 1. The lowest BCUT2D eigenvalue weighted by molar-refractivity contribution is -0.141. The normalized spacial score (nSPS) is 25.6. The number of β-amino-alcohol motifs (C(OH)–C–C–N with tert-alkyl or cyclic N) is 1. The van der Waals surface area contributed by atoms with Gasteiger partial charge in [-0.2, -0.15) is 0 Å². The Kier molecular flexibility index (Phi) is 5.73. The first-order chi connectivity index (χ1) is 9.22. The van der Waals surface area contributed by atoms with Crippen LogP contribution in [0.2, 0.25) is 0 Å². The van der Waals surface area contributed by atoms with Crippen LogP contribution in [0, 0.1) is 0 Å². The van der Waals surface area contributed by atoms with Crippen molar-refractivity contribution in [1.29, 1.82) is 0 Å². The van der Waals surface area contributed by atoms with E-state index < -0.39 is 30.3 Å². The number of aliphatic hydroxyl groups is 2. The number of nitrogens with zero attached hydrogens (tertiary/aromatic N) is 2. The van der Waals surface area contributed by atoms with Gasteiger partial charge in [-0.3, -0.25) is 0 Å². The number of aliphatic carboxylic acids is 1. The van der Waals surface area contributed by atoms with Crippen molar-refractivity contribution in [2.75, 3.05) is 27.2 Å². The highest BCUT2D eigenvalue weighted by Gasteiger charge is 2.36. The van der Waals surface area contributed by atoms with Gasteiger partial charge in [-0.05, 0) is 27.4 Å². The summed E-state index contributed by atoms with van der Waals surface area (Å²) in [5.41, 5.74) is 0. The van der Waals surface area contributed by atoms with Gasteiger partial charge < -0.3 is 30.4 Å². The summed E-state index contributed by atoms with van der Waals surface area (Å²) in [5, 5.41) is 30.3. The summed E-state index contributed by atoms with van der Waals surface area (Å²) >= 11 is 0. The minimum absolute atomic E-state index is 0.163. The number of hydrogen-bond donors (Lipinski definition) is 4. The molecule has 1 saturated heterocycles. The molecule has 0 aromatic rings. The average Bonchev–Trinajstić information content (AvgIpc) is 2.64. The zero-order valence-corrected chi connectivity index (χ0v) is 12.0. The lowest BCUT2D eigenvalue weighted by Crippen LogP contribution is -2.54. The van der Waals surface area contributed by atoms with Crippen LogP contribution in [0.25, 0.3) is 0 Å². The monoisotopic (exact) mass is 289 g/mol. The van der Waals surface area contributed by atoms with Crippen LogP contribution >= 0.6 is 0 Å². The lowest BCUT2D eigenvalue weighted by Gasteiger charge is -2.28. The Balaban J connectivity index is 2.71. The molecule has 2 amide bonds. The van der Waals surface area contributed by atoms with Gasteiger partial charge in [-0.1, -0.05) is 0 Å². The Labute approximate surface area is 118 Å². The van der Waals surface area contributed by atoms with Crippen LogP contribution in [0.15, 0.2) is 0 Å². The van der Waals surface area contributed by atoms with E-state index in [1.165, 1.54) is 11.8 Å². The second-order valence-corrected chi connectivity index (χ2v) is 5.46. The zero-order valence-electron chi connectivity index (χ0n) is 12.0. The minimum Gasteiger partial charge on any atom is -0.480 e. The van der Waals surface area contributed by atoms with Crippen molar-refractivity contribution in [1.82, 2.24) is 15.1 Å². The van der Waals surface area contributed by atoms with Crippen LogP contribution in [0.1, 0.15) is 13.3 Å². The van der Waals surface area contributed by atoms with E-state index in [0.29, 0.717) is 13.0 Å². The molecule has 116 valence electrons. The molecule has 1 rings (SSSR count). The molecule has 0 saturated carbocycles. The molecular formula is C12H23N3O5. The highest BCUT2D eigenvalue weighted by Crippen LogP contribution is 2.18. The molecule has 0 aliphatic carbocycles. The molecule has 8 heteroatoms. The standard InChI is InChI=1S/C12H23N3O5/c1-7(16)10(11(18)19)13-12(20)15-6-9(17)4-8(15)5-14(2)3/h7-10,16-17H,4-6H2,1-3H3,(H,13,20)(H,18,19). The first-order valence-corrected chi connectivity index (χ1v) is 6.53. The molecule has 0 aromatic carbocycles. The van der Waals surface area contributed by atoms with Crippen molar-refractivity contribution in [3.8, 4) is 0 Å². The summed E-state index contributed by atoms with van der Waals surface area (Å²) in [6.07, 6.45) is -1.35. The van der Waals surface area contributed by atoms with Crippen molar-refractivity contribution >= 4 is 12.0 Å². The van der Waals surface area contributed by atoms with Crippen molar-refractivity contribution < 1.29 is 24.9 Å². The number of amides is 2. The molecule has 4 atom stereocenters. The average molecular weight is 289 g/mol. The molecule has 0 aromatic heterocycles. The Morgan fingerprint density at radius 1 is 1.45 bits per heavy atom. The number of carboxylic acids is 1. The van der Waals surface area contributed by atoms with Gasteiger partial charge in [-0.15, -0.1) is 0 Å². The topological polar surface area (TPSA) is 113 Å². The quantitative estimate of drug-likeness (QED) is 0.491. The van der Waals surface area contributed by atoms with E-state index >= 15 is 0 Å². The number of aliphatic hydroxyl groups excluding tert-OH is 2. The number of carbonyl (C=O) groups excluding carboxylic acids is 1. The Morgan fingerprint density at radius 2 is 2.05 bits per heavy atom. The third kappa shape index (κ3) is 4.32. The zero-order chi connectivity index (χ0) is 15.4. The van der Waals surface area contributed by atoms with Gasteiger partial charge in [0.05, 0.1) is 12.2 Å². The van der Waals surface area contributed by atoms with Crippen molar-refractivity contribution in [2.24, 2.45) is 0 Å². The van der Waals surface area contributed by atoms with Crippen LogP contribution in [0.5, 0.6) is 0 Å². The van der Waals surface area contributed by atoms with E-state index in [-0.39, 0.29) is 12.6 Å². The van der Waals surface area contributed by atoms with Crippen LogP contribution < -0.4 is 5.32 Å². The number of likely N-dealkylation sites (N-methyl/N-ethyl adjacent to an activating group) is 1. The van der Waals surface area contributed by atoms with E-state index in [4.69, 9.17) is 5.11 Å². The number of urea groups is 1. The third-order valence-electron chi connectivity index (χ3n) is 3.26. The molecule has 20 heavy (non-hydrogen) atoms. The van der Waals surface area contributed by atoms with Gasteiger partial charge in [-0.25, -0.2) is 9.59 Å². The molecular weight excluding hydrogens is 266 g/mol.